The van der Waals surface area contributed by atoms with Crippen molar-refractivity contribution in [2.45, 2.75) is 39.7 Å². The minimum atomic E-state index is 0.219. The van der Waals surface area contributed by atoms with Crippen molar-refractivity contribution in [1.29, 1.82) is 0 Å². The van der Waals surface area contributed by atoms with Crippen molar-refractivity contribution in [2.24, 2.45) is 16.6 Å². The molecule has 0 bridgehead atoms. The van der Waals surface area contributed by atoms with E-state index in [1.807, 2.05) is 61.7 Å². The number of hydrogen-bond donors (Lipinski definition) is 2. The predicted molar refractivity (Wildman–Crippen MR) is 150 cm³/mol. The number of fused-ring (bicyclic) bond motifs is 1. The summed E-state index contributed by atoms with van der Waals surface area (Å²) < 4.78 is 6.01. The Morgan fingerprint density at radius 3 is 2.68 bits per heavy atom. The molecule has 0 atom stereocenters. The number of nitrogens with one attached hydrogen (secondary N) is 1. The van der Waals surface area contributed by atoms with Crippen molar-refractivity contribution < 1.29 is 4.74 Å². The molecule has 2 aromatic heterocycles. The van der Waals surface area contributed by atoms with Gasteiger partial charge in [0.05, 0.1) is 35.2 Å². The van der Waals surface area contributed by atoms with E-state index in [-0.39, 0.29) is 6.10 Å². The fourth-order valence-electron chi connectivity index (χ4n) is 4.46. The summed E-state index contributed by atoms with van der Waals surface area (Å²) in [5, 5.41) is 3.40. The van der Waals surface area contributed by atoms with Gasteiger partial charge in [-0.25, -0.2) is 9.97 Å². The Bertz CT molecular complexity index is 1470. The molecule has 4 aromatic rings. The number of para-hydroxylation sites is 1. The molecule has 1 aliphatic rings. The number of ether oxygens (including phenoxy) is 1. The van der Waals surface area contributed by atoms with Crippen LogP contribution >= 0.6 is 0 Å². The SMILES string of the molecule is Cc1cccc(/C(N=CCNc2ccccc2C)=C(/N)c2ccc3ncc(OC4CC(C)C4)nc3c2)n1. The van der Waals surface area contributed by atoms with E-state index in [2.05, 4.69) is 41.3 Å². The number of aromatic nitrogens is 3. The maximum Gasteiger partial charge on any atom is 0.233 e. The predicted octanol–water partition coefficient (Wildman–Crippen LogP) is 5.79. The first-order valence-corrected chi connectivity index (χ1v) is 12.7. The van der Waals surface area contributed by atoms with Gasteiger partial charge in [0.25, 0.3) is 0 Å². The Balaban J connectivity index is 1.45. The van der Waals surface area contributed by atoms with E-state index in [1.54, 1.807) is 6.20 Å². The highest BCUT2D eigenvalue weighted by Gasteiger charge is 2.27. The van der Waals surface area contributed by atoms with Gasteiger partial charge in [0.1, 0.15) is 11.8 Å². The number of pyridine rings is 1. The number of aliphatic imine (C=N–C) groups is 1. The molecule has 7 heteroatoms. The number of aryl methyl sites for hydroxylation is 2. The molecule has 0 aliphatic heterocycles. The second kappa shape index (κ2) is 10.8. The van der Waals surface area contributed by atoms with Crippen molar-refractivity contribution in [3.05, 3.63) is 89.4 Å². The Kier molecular flexibility index (Phi) is 7.12. The number of hydrogen-bond acceptors (Lipinski definition) is 7. The smallest absolute Gasteiger partial charge is 0.233 e. The van der Waals surface area contributed by atoms with Crippen molar-refractivity contribution in [1.82, 2.24) is 15.0 Å². The van der Waals surface area contributed by atoms with E-state index < -0.39 is 0 Å². The largest absolute Gasteiger partial charge is 0.473 e. The van der Waals surface area contributed by atoms with Gasteiger partial charge >= 0.3 is 0 Å². The lowest BCUT2D eigenvalue weighted by Gasteiger charge is -2.32. The summed E-state index contributed by atoms with van der Waals surface area (Å²) in [5.41, 5.74) is 14.0. The molecule has 3 N–H and O–H groups in total. The second-order valence-electron chi connectivity index (χ2n) is 9.66. The molecule has 1 fully saturated rings. The van der Waals surface area contributed by atoms with Crippen LogP contribution in [-0.2, 0) is 0 Å². The lowest BCUT2D eigenvalue weighted by atomic mass is 9.84. The monoisotopic (exact) mass is 492 g/mol. The first-order chi connectivity index (χ1) is 18.0. The maximum absolute atomic E-state index is 6.72. The van der Waals surface area contributed by atoms with Crippen LogP contribution in [0.15, 0.2) is 71.9 Å². The fourth-order valence-corrected chi connectivity index (χ4v) is 4.46. The van der Waals surface area contributed by atoms with Crippen molar-refractivity contribution >= 4 is 34.3 Å². The number of anilines is 1. The topological polar surface area (TPSA) is 98.3 Å². The lowest BCUT2D eigenvalue weighted by Crippen LogP contribution is -2.32. The number of nitrogens with zero attached hydrogens (tertiary/aromatic N) is 4. The third-order valence-corrected chi connectivity index (χ3v) is 6.58. The van der Waals surface area contributed by atoms with Crippen LogP contribution in [0.4, 0.5) is 5.69 Å². The molecule has 1 aliphatic carbocycles. The van der Waals surface area contributed by atoms with E-state index in [1.165, 1.54) is 5.56 Å². The molecule has 5 rings (SSSR count). The van der Waals surface area contributed by atoms with Gasteiger partial charge in [-0.15, -0.1) is 0 Å². The molecular weight excluding hydrogens is 460 g/mol. The minimum Gasteiger partial charge on any atom is -0.473 e. The van der Waals surface area contributed by atoms with Crippen molar-refractivity contribution in [2.75, 3.05) is 11.9 Å². The molecule has 0 saturated heterocycles. The van der Waals surface area contributed by atoms with E-state index in [0.29, 0.717) is 35.4 Å². The molecule has 2 heterocycles. The molecular formula is C30H32N6O. The number of rotatable bonds is 8. The summed E-state index contributed by atoms with van der Waals surface area (Å²) in [4.78, 5) is 18.7. The lowest BCUT2D eigenvalue weighted by molar-refractivity contribution is 0.0695. The van der Waals surface area contributed by atoms with Gasteiger partial charge < -0.3 is 15.8 Å². The van der Waals surface area contributed by atoms with Crippen LogP contribution in [-0.4, -0.2) is 33.8 Å². The van der Waals surface area contributed by atoms with Gasteiger partial charge in [-0.2, -0.15) is 0 Å². The molecule has 188 valence electrons. The summed E-state index contributed by atoms with van der Waals surface area (Å²) in [7, 11) is 0. The van der Waals surface area contributed by atoms with Crippen LogP contribution < -0.4 is 15.8 Å². The van der Waals surface area contributed by atoms with Crippen LogP contribution in [0.3, 0.4) is 0 Å². The summed E-state index contributed by atoms with van der Waals surface area (Å²) in [5.74, 6) is 1.25. The van der Waals surface area contributed by atoms with Crippen LogP contribution in [0.2, 0.25) is 0 Å². The number of nitrogens with two attached hydrogens (primary N) is 1. The third kappa shape index (κ3) is 5.77. The van der Waals surface area contributed by atoms with Gasteiger partial charge in [-0.05, 0) is 68.5 Å². The molecule has 2 aromatic carbocycles. The molecule has 1 saturated carbocycles. The minimum absolute atomic E-state index is 0.219. The highest BCUT2D eigenvalue weighted by atomic mass is 16.5. The fraction of sp³-hybridized carbons (Fsp3) is 0.267. The van der Waals surface area contributed by atoms with E-state index in [4.69, 9.17) is 20.4 Å². The Labute approximate surface area is 217 Å². The van der Waals surface area contributed by atoms with Gasteiger partial charge in [0, 0.05) is 23.2 Å². The Morgan fingerprint density at radius 2 is 1.89 bits per heavy atom. The first-order valence-electron chi connectivity index (χ1n) is 12.7. The summed E-state index contributed by atoms with van der Waals surface area (Å²) in [6, 6.07) is 19.8. The van der Waals surface area contributed by atoms with Gasteiger partial charge in [0.2, 0.25) is 5.88 Å². The van der Waals surface area contributed by atoms with E-state index in [0.717, 1.165) is 40.8 Å². The van der Waals surface area contributed by atoms with Crippen LogP contribution in [0.1, 0.15) is 42.3 Å². The summed E-state index contributed by atoms with van der Waals surface area (Å²) in [6.07, 6.45) is 5.85. The average Bonchev–Trinajstić information content (AvgIpc) is 2.88. The van der Waals surface area contributed by atoms with E-state index in [9.17, 15) is 0 Å². The zero-order valence-corrected chi connectivity index (χ0v) is 21.5. The van der Waals surface area contributed by atoms with Gasteiger partial charge in [-0.1, -0.05) is 37.3 Å². The second-order valence-corrected chi connectivity index (χ2v) is 9.66. The first kappa shape index (κ1) is 24.4. The zero-order chi connectivity index (χ0) is 25.8. The average molecular weight is 493 g/mol. The standard InChI is InChI=1S/C30H32N6O/c1-19-15-23(16-19)37-28-18-34-25-12-11-22(17-27(25)36-28)29(31)30(26-10-6-8-21(3)35-26)33-14-13-32-24-9-5-4-7-20(24)2/h4-12,14,17-19,23,32H,13,15-16,31H2,1-3H3/b30-29-,33-14?. The van der Waals surface area contributed by atoms with E-state index >= 15 is 0 Å². The van der Waals surface area contributed by atoms with Gasteiger partial charge in [0.15, 0.2) is 0 Å². The number of benzene rings is 2. The third-order valence-electron chi connectivity index (χ3n) is 6.58. The normalized spacial score (nSPS) is 17.9. The molecule has 7 nitrogen and oxygen atoms in total. The summed E-state index contributed by atoms with van der Waals surface area (Å²) >= 11 is 0. The maximum atomic E-state index is 6.72. The molecule has 0 unspecified atom stereocenters. The van der Waals surface area contributed by atoms with Crippen LogP contribution in [0, 0.1) is 19.8 Å². The summed E-state index contributed by atoms with van der Waals surface area (Å²) in [6.45, 7) is 6.81. The quantitative estimate of drug-likeness (QED) is 0.302. The highest BCUT2D eigenvalue weighted by Crippen LogP contribution is 2.31. The zero-order valence-electron chi connectivity index (χ0n) is 21.5. The van der Waals surface area contributed by atoms with Crippen LogP contribution in [0.25, 0.3) is 22.4 Å². The highest BCUT2D eigenvalue weighted by molar-refractivity contribution is 5.93. The molecule has 0 radical (unpaired) electrons. The van der Waals surface area contributed by atoms with Crippen molar-refractivity contribution in [3.63, 3.8) is 0 Å². The molecule has 0 spiro atoms. The Morgan fingerprint density at radius 1 is 1.05 bits per heavy atom. The van der Waals surface area contributed by atoms with Crippen LogP contribution in [0.5, 0.6) is 5.88 Å². The van der Waals surface area contributed by atoms with Crippen molar-refractivity contribution in [3.8, 4) is 5.88 Å². The molecule has 0 amide bonds. The van der Waals surface area contributed by atoms with Gasteiger partial charge in [-0.3, -0.25) is 9.98 Å². The Hall–Kier alpha value is -4.26. The molecule has 37 heavy (non-hydrogen) atoms.